The third-order valence-corrected chi connectivity index (χ3v) is 4.06. The molecular weight excluding hydrogens is 270 g/mol. The van der Waals surface area contributed by atoms with Crippen LogP contribution in [0.1, 0.15) is 32.1 Å². The fourth-order valence-electron chi connectivity index (χ4n) is 2.93. The van der Waals surface area contributed by atoms with E-state index in [9.17, 15) is 5.11 Å². The molecule has 0 aromatic carbocycles. The summed E-state index contributed by atoms with van der Waals surface area (Å²) in [6.45, 7) is 3.35. The highest BCUT2D eigenvalue weighted by atomic mass is 16.3. The van der Waals surface area contributed by atoms with Crippen LogP contribution in [-0.4, -0.2) is 52.3 Å². The topological polar surface area (TPSA) is 103 Å². The largest absolute Gasteiger partial charge is 0.391 e. The van der Waals surface area contributed by atoms with Gasteiger partial charge in [-0.3, -0.25) is 5.43 Å². The van der Waals surface area contributed by atoms with Crippen molar-refractivity contribution in [1.82, 2.24) is 15.0 Å². The fraction of sp³-hybridized carbons (Fsp3) is 0.769. The van der Waals surface area contributed by atoms with E-state index < -0.39 is 0 Å². The van der Waals surface area contributed by atoms with Crippen LogP contribution in [-0.2, 0) is 0 Å². The highest BCUT2D eigenvalue weighted by Gasteiger charge is 2.23. The molecule has 116 valence electrons. The number of hydrogen-bond acceptors (Lipinski definition) is 8. The van der Waals surface area contributed by atoms with E-state index in [-0.39, 0.29) is 6.10 Å². The Bertz CT molecular complexity index is 478. The van der Waals surface area contributed by atoms with Crippen LogP contribution in [0.5, 0.6) is 0 Å². The SMILES string of the molecule is NNc1nc(N2CCCCC2)nc(N2CCCC(O)C2)n1. The van der Waals surface area contributed by atoms with Crippen molar-refractivity contribution in [3.05, 3.63) is 0 Å². The van der Waals surface area contributed by atoms with Crippen molar-refractivity contribution in [2.75, 3.05) is 41.4 Å². The van der Waals surface area contributed by atoms with Crippen LogP contribution in [0.3, 0.4) is 0 Å². The zero-order valence-electron chi connectivity index (χ0n) is 12.2. The number of nitrogens with zero attached hydrogens (tertiary/aromatic N) is 5. The van der Waals surface area contributed by atoms with Gasteiger partial charge in [-0.05, 0) is 32.1 Å². The van der Waals surface area contributed by atoms with Crippen molar-refractivity contribution in [2.24, 2.45) is 5.84 Å². The van der Waals surface area contributed by atoms with E-state index in [0.717, 1.165) is 45.3 Å². The second kappa shape index (κ2) is 6.40. The minimum absolute atomic E-state index is 0.316. The summed E-state index contributed by atoms with van der Waals surface area (Å²) in [5.74, 6) is 7.13. The van der Waals surface area contributed by atoms with Gasteiger partial charge in [-0.25, -0.2) is 5.84 Å². The molecule has 3 heterocycles. The van der Waals surface area contributed by atoms with Gasteiger partial charge >= 0.3 is 0 Å². The number of nitrogens with one attached hydrogen (secondary N) is 1. The zero-order chi connectivity index (χ0) is 14.7. The molecule has 1 atom stereocenters. The van der Waals surface area contributed by atoms with Gasteiger partial charge in [0.25, 0.3) is 0 Å². The molecule has 0 bridgehead atoms. The number of hydrogen-bond donors (Lipinski definition) is 3. The predicted octanol–water partition coefficient (Wildman–Crippen LogP) is 0.109. The van der Waals surface area contributed by atoms with Gasteiger partial charge in [0.2, 0.25) is 17.8 Å². The zero-order valence-corrected chi connectivity index (χ0v) is 12.2. The number of hydrazine groups is 1. The van der Waals surface area contributed by atoms with Crippen LogP contribution < -0.4 is 21.1 Å². The minimum atomic E-state index is -0.316. The number of anilines is 3. The number of piperidine rings is 2. The molecule has 0 radical (unpaired) electrons. The van der Waals surface area contributed by atoms with Crippen molar-refractivity contribution >= 4 is 17.8 Å². The first-order chi connectivity index (χ1) is 10.3. The van der Waals surface area contributed by atoms with Crippen LogP contribution in [0.15, 0.2) is 0 Å². The molecule has 2 fully saturated rings. The van der Waals surface area contributed by atoms with Gasteiger partial charge in [-0.1, -0.05) is 0 Å². The lowest BCUT2D eigenvalue weighted by Gasteiger charge is -2.31. The number of aliphatic hydroxyl groups excluding tert-OH is 1. The molecule has 0 aliphatic carbocycles. The number of aromatic nitrogens is 3. The maximum absolute atomic E-state index is 9.82. The Balaban J connectivity index is 1.85. The van der Waals surface area contributed by atoms with E-state index in [4.69, 9.17) is 5.84 Å². The molecule has 4 N–H and O–H groups in total. The lowest BCUT2D eigenvalue weighted by Crippen LogP contribution is -2.40. The average molecular weight is 293 g/mol. The molecule has 2 aliphatic heterocycles. The van der Waals surface area contributed by atoms with Crippen LogP contribution >= 0.6 is 0 Å². The average Bonchev–Trinajstić information content (AvgIpc) is 2.55. The van der Waals surface area contributed by atoms with Crippen LogP contribution in [0, 0.1) is 0 Å². The van der Waals surface area contributed by atoms with Crippen molar-refractivity contribution in [3.63, 3.8) is 0 Å². The summed E-state index contributed by atoms with van der Waals surface area (Å²) in [7, 11) is 0. The maximum Gasteiger partial charge on any atom is 0.243 e. The van der Waals surface area contributed by atoms with Gasteiger partial charge in [-0.2, -0.15) is 15.0 Å². The third kappa shape index (κ3) is 3.33. The highest BCUT2D eigenvalue weighted by molar-refractivity contribution is 5.45. The normalized spacial score (nSPS) is 23.2. The summed E-state index contributed by atoms with van der Waals surface area (Å²) < 4.78 is 0. The molecule has 8 heteroatoms. The Labute approximate surface area is 124 Å². The van der Waals surface area contributed by atoms with Crippen molar-refractivity contribution < 1.29 is 5.11 Å². The number of rotatable bonds is 3. The molecule has 21 heavy (non-hydrogen) atoms. The summed E-state index contributed by atoms with van der Waals surface area (Å²) in [6, 6.07) is 0. The molecule has 1 aromatic rings. The van der Waals surface area contributed by atoms with E-state index >= 15 is 0 Å². The van der Waals surface area contributed by atoms with Crippen LogP contribution in [0.2, 0.25) is 0 Å². The molecule has 8 nitrogen and oxygen atoms in total. The first-order valence-corrected chi connectivity index (χ1v) is 7.67. The molecule has 3 rings (SSSR count). The van der Waals surface area contributed by atoms with Crippen molar-refractivity contribution in [1.29, 1.82) is 0 Å². The smallest absolute Gasteiger partial charge is 0.243 e. The van der Waals surface area contributed by atoms with Gasteiger partial charge in [0, 0.05) is 26.2 Å². The van der Waals surface area contributed by atoms with E-state index in [1.165, 1.54) is 6.42 Å². The quantitative estimate of drug-likeness (QED) is 0.533. The number of nitrogen functional groups attached to an aromatic ring is 1. The van der Waals surface area contributed by atoms with E-state index in [2.05, 4.69) is 25.3 Å². The first-order valence-electron chi connectivity index (χ1n) is 7.67. The lowest BCUT2D eigenvalue weighted by atomic mass is 10.1. The first kappa shape index (κ1) is 14.3. The number of nitrogens with two attached hydrogens (primary N) is 1. The van der Waals surface area contributed by atoms with Crippen molar-refractivity contribution in [2.45, 2.75) is 38.2 Å². The molecular formula is C13H23N7O. The molecule has 1 unspecified atom stereocenters. The molecule has 2 saturated heterocycles. The number of β-amino-alcohol motifs (C(OH)–C–C–N with tert-alkyl or cyclic N) is 1. The lowest BCUT2D eigenvalue weighted by molar-refractivity contribution is 0.153. The minimum Gasteiger partial charge on any atom is -0.391 e. The standard InChI is InChI=1S/C13H23N7O/c14-18-11-15-12(19-6-2-1-3-7-19)17-13(16-11)20-8-4-5-10(21)9-20/h10,21H,1-9,14H2,(H,15,16,17,18). The van der Waals surface area contributed by atoms with Gasteiger partial charge in [-0.15, -0.1) is 0 Å². The van der Waals surface area contributed by atoms with Crippen LogP contribution in [0.4, 0.5) is 17.8 Å². The monoisotopic (exact) mass is 293 g/mol. The Hall–Kier alpha value is -1.67. The summed E-state index contributed by atoms with van der Waals surface area (Å²) >= 11 is 0. The molecule has 0 saturated carbocycles. The van der Waals surface area contributed by atoms with E-state index in [0.29, 0.717) is 24.4 Å². The summed E-state index contributed by atoms with van der Waals surface area (Å²) in [5.41, 5.74) is 2.52. The Morgan fingerprint density at radius 1 is 0.952 bits per heavy atom. The molecule has 0 amide bonds. The summed E-state index contributed by atoms with van der Waals surface area (Å²) in [5, 5.41) is 9.82. The van der Waals surface area contributed by atoms with Crippen LogP contribution in [0.25, 0.3) is 0 Å². The molecule has 2 aliphatic rings. The Kier molecular flexibility index (Phi) is 4.35. The summed E-state index contributed by atoms with van der Waals surface area (Å²) in [4.78, 5) is 17.5. The van der Waals surface area contributed by atoms with E-state index in [1.807, 2.05) is 4.90 Å². The summed E-state index contributed by atoms with van der Waals surface area (Å²) in [6.07, 6.45) is 5.04. The second-order valence-electron chi connectivity index (χ2n) is 5.69. The Morgan fingerprint density at radius 3 is 2.29 bits per heavy atom. The van der Waals surface area contributed by atoms with Gasteiger partial charge in [0.1, 0.15) is 0 Å². The maximum atomic E-state index is 9.82. The fourth-order valence-corrected chi connectivity index (χ4v) is 2.93. The van der Waals surface area contributed by atoms with Gasteiger partial charge in [0.15, 0.2) is 0 Å². The van der Waals surface area contributed by atoms with Gasteiger partial charge in [0.05, 0.1) is 6.10 Å². The van der Waals surface area contributed by atoms with Gasteiger partial charge < -0.3 is 14.9 Å². The molecule has 1 aromatic heterocycles. The van der Waals surface area contributed by atoms with E-state index in [1.54, 1.807) is 0 Å². The Morgan fingerprint density at radius 2 is 1.62 bits per heavy atom. The highest BCUT2D eigenvalue weighted by Crippen LogP contribution is 2.22. The molecule has 0 spiro atoms. The van der Waals surface area contributed by atoms with Crippen molar-refractivity contribution in [3.8, 4) is 0 Å². The second-order valence-corrected chi connectivity index (χ2v) is 5.69. The third-order valence-electron chi connectivity index (χ3n) is 4.06. The number of aliphatic hydroxyl groups is 1. The predicted molar refractivity (Wildman–Crippen MR) is 81.2 cm³/mol.